The van der Waals surface area contributed by atoms with Crippen molar-refractivity contribution in [3.63, 3.8) is 0 Å². The number of benzene rings is 1. The summed E-state index contributed by atoms with van der Waals surface area (Å²) in [6.07, 6.45) is 4.03. The van der Waals surface area contributed by atoms with Gasteiger partial charge in [0.05, 0.1) is 15.2 Å². The van der Waals surface area contributed by atoms with Gasteiger partial charge in [0.1, 0.15) is 0 Å². The summed E-state index contributed by atoms with van der Waals surface area (Å²) in [6, 6.07) is 7.19. The van der Waals surface area contributed by atoms with Gasteiger partial charge in [-0.1, -0.05) is 26.7 Å². The Morgan fingerprint density at radius 3 is 2.95 bits per heavy atom. The second-order valence-corrected chi connectivity index (χ2v) is 7.17. The molecule has 3 rings (SSSR count). The van der Waals surface area contributed by atoms with Gasteiger partial charge in [0.2, 0.25) is 0 Å². The van der Waals surface area contributed by atoms with Gasteiger partial charge < -0.3 is 5.32 Å². The third-order valence-corrected chi connectivity index (χ3v) is 5.49. The molecule has 1 saturated carbocycles. The number of nitrogens with one attached hydrogen (secondary N) is 1. The molecule has 2 nitrogen and oxygen atoms in total. The van der Waals surface area contributed by atoms with Crippen LogP contribution in [0.1, 0.15) is 38.1 Å². The molecule has 3 heteroatoms. The van der Waals surface area contributed by atoms with Crippen molar-refractivity contribution < 1.29 is 0 Å². The van der Waals surface area contributed by atoms with E-state index in [9.17, 15) is 0 Å². The van der Waals surface area contributed by atoms with Crippen molar-refractivity contribution in [1.82, 2.24) is 4.98 Å². The van der Waals surface area contributed by atoms with Gasteiger partial charge in [-0.15, -0.1) is 11.3 Å². The maximum atomic E-state index is 4.52. The van der Waals surface area contributed by atoms with Crippen molar-refractivity contribution in [3.8, 4) is 0 Å². The van der Waals surface area contributed by atoms with Gasteiger partial charge in [-0.05, 0) is 43.4 Å². The standard InChI is InChI=1S/C16H22N2S/c1-10-5-4-6-14(11(10)2)18-13-7-8-15-16(9-13)19-12(3)17-15/h7-11,14,18H,4-6H2,1-3H3. The number of anilines is 1. The van der Waals surface area contributed by atoms with Crippen LogP contribution in [0.5, 0.6) is 0 Å². The summed E-state index contributed by atoms with van der Waals surface area (Å²) < 4.78 is 1.29. The fourth-order valence-corrected chi connectivity index (χ4v) is 4.00. The minimum absolute atomic E-state index is 0.621. The second kappa shape index (κ2) is 5.12. The number of aromatic nitrogens is 1. The molecule has 19 heavy (non-hydrogen) atoms. The molecule has 1 N–H and O–H groups in total. The van der Waals surface area contributed by atoms with E-state index in [0.29, 0.717) is 6.04 Å². The van der Waals surface area contributed by atoms with Crippen molar-refractivity contribution in [2.45, 2.75) is 46.1 Å². The summed E-state index contributed by atoms with van der Waals surface area (Å²) in [5.41, 5.74) is 2.38. The Morgan fingerprint density at radius 1 is 1.26 bits per heavy atom. The maximum absolute atomic E-state index is 4.52. The van der Waals surface area contributed by atoms with E-state index in [1.165, 1.54) is 29.6 Å². The van der Waals surface area contributed by atoms with Crippen molar-refractivity contribution in [1.29, 1.82) is 0 Å². The van der Waals surface area contributed by atoms with Crippen LogP contribution in [-0.4, -0.2) is 11.0 Å². The summed E-state index contributed by atoms with van der Waals surface area (Å²) in [5, 5.41) is 4.89. The molecule has 0 radical (unpaired) electrons. The van der Waals surface area contributed by atoms with Crippen LogP contribution in [0.25, 0.3) is 10.2 Å². The fraction of sp³-hybridized carbons (Fsp3) is 0.562. The first kappa shape index (κ1) is 12.9. The molecule has 1 aromatic carbocycles. The Balaban J connectivity index is 1.80. The van der Waals surface area contributed by atoms with E-state index in [0.717, 1.165) is 22.4 Å². The molecule has 0 bridgehead atoms. The first-order chi connectivity index (χ1) is 9.13. The molecule has 102 valence electrons. The van der Waals surface area contributed by atoms with E-state index in [1.54, 1.807) is 11.3 Å². The second-order valence-electron chi connectivity index (χ2n) is 5.93. The largest absolute Gasteiger partial charge is 0.382 e. The lowest BCUT2D eigenvalue weighted by Gasteiger charge is -2.35. The highest BCUT2D eigenvalue weighted by molar-refractivity contribution is 7.18. The number of hydrogen-bond acceptors (Lipinski definition) is 3. The molecule has 0 spiro atoms. The highest BCUT2D eigenvalue weighted by atomic mass is 32.1. The number of rotatable bonds is 2. The van der Waals surface area contributed by atoms with Gasteiger partial charge in [0, 0.05) is 11.7 Å². The molecule has 1 aromatic heterocycles. The summed E-state index contributed by atoms with van der Waals surface area (Å²) in [5.74, 6) is 1.59. The molecule has 1 aliphatic carbocycles. The van der Waals surface area contributed by atoms with E-state index in [1.807, 2.05) is 0 Å². The highest BCUT2D eigenvalue weighted by Gasteiger charge is 2.26. The third-order valence-electron chi connectivity index (χ3n) is 4.55. The number of nitrogens with zero attached hydrogens (tertiary/aromatic N) is 1. The zero-order valence-corrected chi connectivity index (χ0v) is 12.8. The van der Waals surface area contributed by atoms with Gasteiger partial charge in [0.15, 0.2) is 0 Å². The average molecular weight is 274 g/mol. The van der Waals surface area contributed by atoms with Gasteiger partial charge in [-0.25, -0.2) is 4.98 Å². The Kier molecular flexibility index (Phi) is 3.48. The predicted octanol–water partition coefficient (Wildman–Crippen LogP) is 4.84. The van der Waals surface area contributed by atoms with E-state index in [4.69, 9.17) is 0 Å². The normalized spacial score (nSPS) is 27.6. The molecule has 0 amide bonds. The number of thiazole rings is 1. The lowest BCUT2D eigenvalue weighted by molar-refractivity contribution is 0.253. The molecule has 3 atom stereocenters. The topological polar surface area (TPSA) is 24.9 Å². The first-order valence-electron chi connectivity index (χ1n) is 7.27. The molecule has 1 fully saturated rings. The van der Waals surface area contributed by atoms with Crippen molar-refractivity contribution in [3.05, 3.63) is 23.2 Å². The first-order valence-corrected chi connectivity index (χ1v) is 8.09. The minimum atomic E-state index is 0.621. The van der Waals surface area contributed by atoms with Crippen LogP contribution >= 0.6 is 11.3 Å². The van der Waals surface area contributed by atoms with Crippen molar-refractivity contribution in [2.75, 3.05) is 5.32 Å². The van der Waals surface area contributed by atoms with Crippen LogP contribution in [0.3, 0.4) is 0 Å². The molecule has 0 aliphatic heterocycles. The zero-order valence-electron chi connectivity index (χ0n) is 11.9. The van der Waals surface area contributed by atoms with Crippen LogP contribution in [0.2, 0.25) is 0 Å². The zero-order chi connectivity index (χ0) is 13.4. The molecule has 2 aromatic rings. The molecular weight excluding hydrogens is 252 g/mol. The molecule has 3 unspecified atom stereocenters. The average Bonchev–Trinajstić information content (AvgIpc) is 2.74. The molecular formula is C16H22N2S. The Labute approximate surface area is 119 Å². The van der Waals surface area contributed by atoms with Crippen LogP contribution in [0.4, 0.5) is 5.69 Å². The monoisotopic (exact) mass is 274 g/mol. The molecule has 0 saturated heterocycles. The lowest BCUT2D eigenvalue weighted by atomic mass is 9.78. The smallest absolute Gasteiger partial charge is 0.0907 e. The summed E-state index contributed by atoms with van der Waals surface area (Å²) in [7, 11) is 0. The fourth-order valence-electron chi connectivity index (χ4n) is 3.13. The van der Waals surface area contributed by atoms with Crippen molar-refractivity contribution in [2.24, 2.45) is 11.8 Å². The summed E-state index contributed by atoms with van der Waals surface area (Å²) in [6.45, 7) is 6.84. The minimum Gasteiger partial charge on any atom is -0.382 e. The summed E-state index contributed by atoms with van der Waals surface area (Å²) in [4.78, 5) is 4.52. The molecule has 1 aliphatic rings. The van der Waals surface area contributed by atoms with Crippen LogP contribution in [-0.2, 0) is 0 Å². The quantitative estimate of drug-likeness (QED) is 0.847. The van der Waals surface area contributed by atoms with E-state index in [-0.39, 0.29) is 0 Å². The Morgan fingerprint density at radius 2 is 2.11 bits per heavy atom. The number of hydrogen-bond donors (Lipinski definition) is 1. The third kappa shape index (κ3) is 2.62. The number of aryl methyl sites for hydroxylation is 1. The predicted molar refractivity (Wildman–Crippen MR) is 83.9 cm³/mol. The van der Waals surface area contributed by atoms with Gasteiger partial charge in [-0.3, -0.25) is 0 Å². The lowest BCUT2D eigenvalue weighted by Crippen LogP contribution is -2.34. The van der Waals surface area contributed by atoms with Crippen LogP contribution < -0.4 is 5.32 Å². The van der Waals surface area contributed by atoms with E-state index < -0.39 is 0 Å². The SMILES string of the molecule is Cc1nc2ccc(NC3CCCC(C)C3C)cc2s1. The van der Waals surface area contributed by atoms with Gasteiger partial charge >= 0.3 is 0 Å². The highest BCUT2D eigenvalue weighted by Crippen LogP contribution is 2.32. The Bertz CT molecular complexity index is 575. The Hall–Kier alpha value is -1.09. The maximum Gasteiger partial charge on any atom is 0.0907 e. The van der Waals surface area contributed by atoms with Gasteiger partial charge in [-0.2, -0.15) is 0 Å². The number of fused-ring (bicyclic) bond motifs is 1. The summed E-state index contributed by atoms with van der Waals surface area (Å²) >= 11 is 1.78. The van der Waals surface area contributed by atoms with E-state index in [2.05, 4.69) is 49.3 Å². The van der Waals surface area contributed by atoms with Gasteiger partial charge in [0.25, 0.3) is 0 Å². The van der Waals surface area contributed by atoms with Crippen molar-refractivity contribution >= 4 is 27.2 Å². The van der Waals surface area contributed by atoms with Crippen LogP contribution in [0, 0.1) is 18.8 Å². The molecule has 1 heterocycles. The van der Waals surface area contributed by atoms with E-state index >= 15 is 0 Å². The van der Waals surface area contributed by atoms with Crippen LogP contribution in [0.15, 0.2) is 18.2 Å².